The van der Waals surface area contributed by atoms with Gasteiger partial charge < -0.3 is 4.98 Å². The predicted molar refractivity (Wildman–Crippen MR) is 110 cm³/mol. The minimum Gasteiger partial charge on any atom is -0.354 e. The quantitative estimate of drug-likeness (QED) is 0.214. The number of nitro benzene ring substituents is 1. The Morgan fingerprint density at radius 1 is 0.929 bits per heavy atom. The second-order valence-electron chi connectivity index (χ2n) is 6.33. The van der Waals surface area contributed by atoms with Crippen molar-refractivity contribution in [3.63, 3.8) is 0 Å². The SMILES string of the molecule is O=C(C=Cc1c(-c2ccccc2)[nH]c2ccccc12)c1cccc([N+](=O)[O-])c1. The van der Waals surface area contributed by atoms with Crippen molar-refractivity contribution in [1.82, 2.24) is 4.98 Å². The Balaban J connectivity index is 1.76. The highest BCUT2D eigenvalue weighted by molar-refractivity contribution is 6.09. The number of allylic oxidation sites excluding steroid dienone is 1. The zero-order valence-corrected chi connectivity index (χ0v) is 14.8. The lowest BCUT2D eigenvalue weighted by atomic mass is 10.0. The van der Waals surface area contributed by atoms with Crippen LogP contribution in [0.3, 0.4) is 0 Å². The third-order valence-electron chi connectivity index (χ3n) is 4.55. The molecule has 0 saturated heterocycles. The first-order valence-corrected chi connectivity index (χ1v) is 8.76. The maximum atomic E-state index is 12.6. The molecule has 0 radical (unpaired) electrons. The third-order valence-corrected chi connectivity index (χ3v) is 4.55. The fraction of sp³-hybridized carbons (Fsp3) is 0. The topological polar surface area (TPSA) is 76.0 Å². The lowest BCUT2D eigenvalue weighted by molar-refractivity contribution is -0.384. The van der Waals surface area contributed by atoms with Crippen molar-refractivity contribution in [2.75, 3.05) is 0 Å². The first kappa shape index (κ1) is 17.4. The van der Waals surface area contributed by atoms with Gasteiger partial charge in [-0.2, -0.15) is 0 Å². The summed E-state index contributed by atoms with van der Waals surface area (Å²) in [6.07, 6.45) is 3.23. The van der Waals surface area contributed by atoms with Crippen molar-refractivity contribution >= 4 is 28.4 Å². The average Bonchev–Trinajstić information content (AvgIpc) is 3.11. The van der Waals surface area contributed by atoms with Crippen LogP contribution in [0.25, 0.3) is 28.2 Å². The monoisotopic (exact) mass is 368 g/mol. The van der Waals surface area contributed by atoms with E-state index in [1.54, 1.807) is 12.1 Å². The van der Waals surface area contributed by atoms with Gasteiger partial charge in [-0.1, -0.05) is 60.7 Å². The van der Waals surface area contributed by atoms with Crippen LogP contribution in [0, 0.1) is 10.1 Å². The molecule has 0 unspecified atom stereocenters. The van der Waals surface area contributed by atoms with E-state index in [2.05, 4.69) is 4.98 Å². The summed E-state index contributed by atoms with van der Waals surface area (Å²) >= 11 is 0. The highest BCUT2D eigenvalue weighted by atomic mass is 16.6. The molecule has 1 aromatic heterocycles. The molecular formula is C23H16N2O3. The molecule has 0 aliphatic carbocycles. The molecule has 0 fully saturated rings. The number of nitro groups is 1. The van der Waals surface area contributed by atoms with Crippen LogP contribution in [0.2, 0.25) is 0 Å². The Morgan fingerprint density at radius 2 is 1.68 bits per heavy atom. The van der Waals surface area contributed by atoms with Crippen LogP contribution in [0.1, 0.15) is 15.9 Å². The number of hydrogen-bond acceptors (Lipinski definition) is 3. The van der Waals surface area contributed by atoms with E-state index in [1.165, 1.54) is 24.3 Å². The minimum absolute atomic E-state index is 0.101. The molecule has 0 atom stereocenters. The standard InChI is InChI=1S/C23H16N2O3/c26-22(17-9-6-10-18(15-17)25(27)28)14-13-20-19-11-4-5-12-21(19)24-23(20)16-7-2-1-3-8-16/h1-15,24H. The number of non-ortho nitro benzene ring substituents is 1. The van der Waals surface area contributed by atoms with E-state index in [-0.39, 0.29) is 17.0 Å². The van der Waals surface area contributed by atoms with Gasteiger partial charge in [-0.25, -0.2) is 0 Å². The van der Waals surface area contributed by atoms with Crippen LogP contribution in [0.5, 0.6) is 0 Å². The average molecular weight is 368 g/mol. The van der Waals surface area contributed by atoms with Gasteiger partial charge in [-0.05, 0) is 23.8 Å². The largest absolute Gasteiger partial charge is 0.354 e. The van der Waals surface area contributed by atoms with E-state index < -0.39 is 4.92 Å². The molecule has 0 bridgehead atoms. The summed E-state index contributed by atoms with van der Waals surface area (Å²) in [5.41, 5.74) is 4.00. The van der Waals surface area contributed by atoms with Gasteiger partial charge in [0.05, 0.1) is 10.6 Å². The minimum atomic E-state index is -0.506. The zero-order valence-electron chi connectivity index (χ0n) is 14.8. The Labute approximate surface area is 161 Å². The van der Waals surface area contributed by atoms with Crippen LogP contribution < -0.4 is 0 Å². The van der Waals surface area contributed by atoms with E-state index in [0.717, 1.165) is 27.7 Å². The Morgan fingerprint density at radius 3 is 2.46 bits per heavy atom. The van der Waals surface area contributed by atoms with Crippen molar-refractivity contribution in [3.8, 4) is 11.3 Å². The van der Waals surface area contributed by atoms with Crippen LogP contribution in [-0.4, -0.2) is 15.7 Å². The highest BCUT2D eigenvalue weighted by Crippen LogP contribution is 2.31. The lowest BCUT2D eigenvalue weighted by Gasteiger charge is -2.01. The number of benzene rings is 3. The number of hydrogen-bond donors (Lipinski definition) is 1. The summed E-state index contributed by atoms with van der Waals surface area (Å²) in [5.74, 6) is -0.284. The molecule has 136 valence electrons. The summed E-state index contributed by atoms with van der Waals surface area (Å²) in [5, 5.41) is 11.9. The number of nitrogens with zero attached hydrogens (tertiary/aromatic N) is 1. The van der Waals surface area contributed by atoms with E-state index >= 15 is 0 Å². The van der Waals surface area contributed by atoms with Gasteiger partial charge in [-0.3, -0.25) is 14.9 Å². The number of H-pyrrole nitrogens is 1. The molecule has 1 N–H and O–H groups in total. The van der Waals surface area contributed by atoms with Crippen LogP contribution in [0.15, 0.2) is 84.9 Å². The molecule has 5 heteroatoms. The Hall–Kier alpha value is -3.99. The molecule has 4 rings (SSSR count). The second-order valence-corrected chi connectivity index (χ2v) is 6.33. The number of fused-ring (bicyclic) bond motifs is 1. The number of para-hydroxylation sites is 1. The van der Waals surface area contributed by atoms with Gasteiger partial charge in [0.15, 0.2) is 5.78 Å². The van der Waals surface area contributed by atoms with Gasteiger partial charge in [0, 0.05) is 34.2 Å². The first-order valence-electron chi connectivity index (χ1n) is 8.76. The van der Waals surface area contributed by atoms with E-state index in [1.807, 2.05) is 54.6 Å². The lowest BCUT2D eigenvalue weighted by Crippen LogP contribution is -1.96. The molecule has 4 aromatic rings. The van der Waals surface area contributed by atoms with Crippen molar-refractivity contribution in [3.05, 3.63) is 106 Å². The van der Waals surface area contributed by atoms with E-state index in [4.69, 9.17) is 0 Å². The zero-order chi connectivity index (χ0) is 19.5. The number of ketones is 1. The molecule has 3 aromatic carbocycles. The van der Waals surface area contributed by atoms with Crippen LogP contribution in [0.4, 0.5) is 5.69 Å². The number of rotatable bonds is 5. The van der Waals surface area contributed by atoms with Gasteiger partial charge in [0.25, 0.3) is 5.69 Å². The fourth-order valence-electron chi connectivity index (χ4n) is 3.20. The van der Waals surface area contributed by atoms with Crippen LogP contribution >= 0.6 is 0 Å². The molecule has 0 aliphatic rings. The summed E-state index contributed by atoms with van der Waals surface area (Å²) in [6.45, 7) is 0. The molecule has 0 amide bonds. The summed E-state index contributed by atoms with van der Waals surface area (Å²) in [4.78, 5) is 26.4. The molecular weight excluding hydrogens is 352 g/mol. The number of nitrogens with one attached hydrogen (secondary N) is 1. The Kier molecular flexibility index (Phi) is 4.56. The van der Waals surface area contributed by atoms with Gasteiger partial charge >= 0.3 is 0 Å². The normalized spacial score (nSPS) is 11.1. The summed E-state index contributed by atoms with van der Waals surface area (Å²) in [6, 6.07) is 23.5. The number of aromatic nitrogens is 1. The highest BCUT2D eigenvalue weighted by Gasteiger charge is 2.12. The maximum absolute atomic E-state index is 12.6. The second kappa shape index (κ2) is 7.32. The van der Waals surface area contributed by atoms with Gasteiger partial charge in [0.2, 0.25) is 0 Å². The maximum Gasteiger partial charge on any atom is 0.270 e. The van der Waals surface area contributed by atoms with Crippen molar-refractivity contribution in [1.29, 1.82) is 0 Å². The van der Waals surface area contributed by atoms with E-state index in [0.29, 0.717) is 0 Å². The molecule has 28 heavy (non-hydrogen) atoms. The number of carbonyl (C=O) groups is 1. The van der Waals surface area contributed by atoms with E-state index in [9.17, 15) is 14.9 Å². The smallest absolute Gasteiger partial charge is 0.270 e. The predicted octanol–water partition coefficient (Wildman–Crippen LogP) is 5.64. The van der Waals surface area contributed by atoms with Gasteiger partial charge in [0.1, 0.15) is 0 Å². The summed E-state index contributed by atoms with van der Waals surface area (Å²) in [7, 11) is 0. The molecule has 0 aliphatic heterocycles. The van der Waals surface area contributed by atoms with Crippen molar-refractivity contribution < 1.29 is 9.72 Å². The summed E-state index contributed by atoms with van der Waals surface area (Å²) < 4.78 is 0. The van der Waals surface area contributed by atoms with Gasteiger partial charge in [-0.15, -0.1) is 0 Å². The molecule has 1 heterocycles. The Bertz CT molecular complexity index is 1210. The molecule has 0 spiro atoms. The number of aromatic amines is 1. The van der Waals surface area contributed by atoms with Crippen molar-refractivity contribution in [2.24, 2.45) is 0 Å². The van der Waals surface area contributed by atoms with Crippen molar-refractivity contribution in [2.45, 2.75) is 0 Å². The molecule has 5 nitrogen and oxygen atoms in total. The number of carbonyl (C=O) groups excluding carboxylic acids is 1. The molecule has 0 saturated carbocycles. The fourth-order valence-corrected chi connectivity index (χ4v) is 3.20. The third kappa shape index (κ3) is 3.33. The first-order chi connectivity index (χ1) is 13.6. The van der Waals surface area contributed by atoms with Crippen LogP contribution in [-0.2, 0) is 0 Å².